The van der Waals surface area contributed by atoms with Crippen LogP contribution in [0, 0.1) is 11.7 Å². The molecule has 7 heteroatoms. The molecule has 0 saturated heterocycles. The highest BCUT2D eigenvalue weighted by Gasteiger charge is 2.15. The monoisotopic (exact) mass is 414 g/mol. The Kier molecular flexibility index (Phi) is 8.53. The minimum Gasteiger partial charge on any atom is -0.454 e. The summed E-state index contributed by atoms with van der Waals surface area (Å²) in [4.78, 5) is 35.6. The molecule has 2 amide bonds. The van der Waals surface area contributed by atoms with Gasteiger partial charge in [-0.2, -0.15) is 0 Å². The van der Waals surface area contributed by atoms with Crippen molar-refractivity contribution >= 4 is 17.8 Å². The molecule has 2 aromatic carbocycles. The fraction of sp³-hybridized carbons (Fsp3) is 0.348. The van der Waals surface area contributed by atoms with Crippen molar-refractivity contribution in [1.29, 1.82) is 0 Å². The molecule has 0 unspecified atom stereocenters. The Balaban J connectivity index is 1.73. The maximum atomic E-state index is 13.5. The van der Waals surface area contributed by atoms with E-state index in [2.05, 4.69) is 24.5 Å². The Bertz CT molecular complexity index is 881. The molecule has 0 aliphatic rings. The molecule has 2 N–H and O–H groups in total. The summed E-state index contributed by atoms with van der Waals surface area (Å²) in [6.07, 6.45) is 0.990. The van der Waals surface area contributed by atoms with Crippen LogP contribution in [0.25, 0.3) is 0 Å². The van der Waals surface area contributed by atoms with Gasteiger partial charge in [-0.15, -0.1) is 0 Å². The Morgan fingerprint density at radius 2 is 1.67 bits per heavy atom. The molecule has 30 heavy (non-hydrogen) atoms. The number of halogens is 1. The van der Waals surface area contributed by atoms with Crippen LogP contribution < -0.4 is 10.6 Å². The Hall–Kier alpha value is -3.22. The van der Waals surface area contributed by atoms with Gasteiger partial charge in [0.1, 0.15) is 12.4 Å². The third-order valence-electron chi connectivity index (χ3n) is 4.38. The molecule has 0 aliphatic heterocycles. The van der Waals surface area contributed by atoms with Crippen molar-refractivity contribution in [2.24, 2.45) is 5.92 Å². The van der Waals surface area contributed by atoms with Gasteiger partial charge in [0.05, 0.1) is 11.6 Å². The van der Waals surface area contributed by atoms with Crippen molar-refractivity contribution in [3.8, 4) is 0 Å². The van der Waals surface area contributed by atoms with Crippen LogP contribution in [0.3, 0.4) is 0 Å². The summed E-state index contributed by atoms with van der Waals surface area (Å²) < 4.78 is 18.4. The highest BCUT2D eigenvalue weighted by molar-refractivity contribution is 5.96. The van der Waals surface area contributed by atoms with Crippen LogP contribution in [0.2, 0.25) is 0 Å². The van der Waals surface area contributed by atoms with Gasteiger partial charge < -0.3 is 15.4 Å². The van der Waals surface area contributed by atoms with E-state index in [0.29, 0.717) is 5.92 Å². The lowest BCUT2D eigenvalue weighted by Gasteiger charge is -2.15. The summed E-state index contributed by atoms with van der Waals surface area (Å²) in [6.45, 7) is 5.22. The molecule has 0 spiro atoms. The van der Waals surface area contributed by atoms with Crippen molar-refractivity contribution < 1.29 is 23.5 Å². The van der Waals surface area contributed by atoms with Gasteiger partial charge in [0.2, 0.25) is 0 Å². The number of hydrogen-bond acceptors (Lipinski definition) is 4. The number of ether oxygens (including phenoxy) is 1. The molecular formula is C23H27FN2O4. The van der Waals surface area contributed by atoms with Gasteiger partial charge >= 0.3 is 5.97 Å². The third-order valence-corrected chi connectivity index (χ3v) is 4.38. The SMILES string of the molecule is CC(C)Cc1ccc([C@@H](C)NC(=O)COC(=O)CNC(=O)c2ccccc2F)cc1. The predicted molar refractivity (Wildman–Crippen MR) is 111 cm³/mol. The number of esters is 1. The van der Waals surface area contributed by atoms with Gasteiger partial charge in [-0.05, 0) is 42.5 Å². The summed E-state index contributed by atoms with van der Waals surface area (Å²) in [7, 11) is 0. The van der Waals surface area contributed by atoms with E-state index in [1.54, 1.807) is 0 Å². The van der Waals surface area contributed by atoms with Gasteiger partial charge in [0, 0.05) is 0 Å². The topological polar surface area (TPSA) is 84.5 Å². The van der Waals surface area contributed by atoms with E-state index in [-0.39, 0.29) is 11.6 Å². The molecule has 0 saturated carbocycles. The molecule has 0 fully saturated rings. The lowest BCUT2D eigenvalue weighted by Crippen LogP contribution is -2.35. The number of hydrogen-bond donors (Lipinski definition) is 2. The van der Waals surface area contributed by atoms with Gasteiger partial charge in [0.25, 0.3) is 11.8 Å². The van der Waals surface area contributed by atoms with E-state index >= 15 is 0 Å². The second-order valence-electron chi connectivity index (χ2n) is 7.45. The molecule has 2 aromatic rings. The zero-order chi connectivity index (χ0) is 22.1. The Morgan fingerprint density at radius 3 is 2.30 bits per heavy atom. The van der Waals surface area contributed by atoms with Crippen LogP contribution in [-0.4, -0.2) is 30.9 Å². The highest BCUT2D eigenvalue weighted by Crippen LogP contribution is 2.15. The minimum atomic E-state index is -0.791. The van der Waals surface area contributed by atoms with E-state index < -0.39 is 36.8 Å². The van der Waals surface area contributed by atoms with Gasteiger partial charge in [-0.1, -0.05) is 50.2 Å². The molecule has 2 rings (SSSR count). The molecule has 0 heterocycles. The zero-order valence-electron chi connectivity index (χ0n) is 17.4. The van der Waals surface area contributed by atoms with Crippen molar-refractivity contribution in [2.75, 3.05) is 13.2 Å². The summed E-state index contributed by atoms with van der Waals surface area (Å²) in [5, 5.41) is 5.02. The maximum Gasteiger partial charge on any atom is 0.325 e. The first-order valence-electron chi connectivity index (χ1n) is 9.82. The Morgan fingerprint density at radius 1 is 1.00 bits per heavy atom. The van der Waals surface area contributed by atoms with E-state index in [0.717, 1.165) is 18.1 Å². The second kappa shape index (κ2) is 11.1. The molecule has 0 aliphatic carbocycles. The summed E-state index contributed by atoms with van der Waals surface area (Å²) in [5.41, 5.74) is 2.01. The van der Waals surface area contributed by atoms with Crippen molar-refractivity contribution in [2.45, 2.75) is 33.2 Å². The summed E-state index contributed by atoms with van der Waals surface area (Å²) in [6, 6.07) is 13.2. The minimum absolute atomic E-state index is 0.170. The van der Waals surface area contributed by atoms with Gasteiger partial charge in [-0.25, -0.2) is 4.39 Å². The lowest BCUT2D eigenvalue weighted by atomic mass is 10.00. The molecule has 0 bridgehead atoms. The number of benzene rings is 2. The van der Waals surface area contributed by atoms with Crippen molar-refractivity contribution in [1.82, 2.24) is 10.6 Å². The smallest absolute Gasteiger partial charge is 0.325 e. The fourth-order valence-electron chi connectivity index (χ4n) is 2.87. The van der Waals surface area contributed by atoms with Crippen LogP contribution in [-0.2, 0) is 20.7 Å². The van der Waals surface area contributed by atoms with Crippen LogP contribution in [0.1, 0.15) is 48.3 Å². The Labute approximate surface area is 175 Å². The van der Waals surface area contributed by atoms with Crippen LogP contribution in [0.4, 0.5) is 4.39 Å². The predicted octanol–water partition coefficient (Wildman–Crippen LogP) is 3.17. The van der Waals surface area contributed by atoms with E-state index in [1.807, 2.05) is 31.2 Å². The van der Waals surface area contributed by atoms with Gasteiger partial charge in [-0.3, -0.25) is 14.4 Å². The molecule has 0 aromatic heterocycles. The van der Waals surface area contributed by atoms with Crippen molar-refractivity contribution in [3.63, 3.8) is 0 Å². The molecule has 1 atom stereocenters. The molecule has 160 valence electrons. The largest absolute Gasteiger partial charge is 0.454 e. The quantitative estimate of drug-likeness (QED) is 0.618. The molecule has 0 radical (unpaired) electrons. The van der Waals surface area contributed by atoms with Crippen molar-refractivity contribution in [3.05, 3.63) is 71.0 Å². The number of rotatable bonds is 9. The average molecular weight is 414 g/mol. The normalized spacial score (nSPS) is 11.6. The van der Waals surface area contributed by atoms with E-state index in [4.69, 9.17) is 4.74 Å². The van der Waals surface area contributed by atoms with Crippen LogP contribution >= 0.6 is 0 Å². The van der Waals surface area contributed by atoms with Gasteiger partial charge in [0.15, 0.2) is 6.61 Å². The summed E-state index contributed by atoms with van der Waals surface area (Å²) >= 11 is 0. The lowest BCUT2D eigenvalue weighted by molar-refractivity contribution is -0.147. The number of nitrogens with one attached hydrogen (secondary N) is 2. The first-order chi connectivity index (χ1) is 14.3. The molecule has 6 nitrogen and oxygen atoms in total. The van der Waals surface area contributed by atoms with E-state index in [9.17, 15) is 18.8 Å². The first kappa shape index (κ1) is 23.1. The van der Waals surface area contributed by atoms with Crippen LogP contribution in [0.5, 0.6) is 0 Å². The highest BCUT2D eigenvalue weighted by atomic mass is 19.1. The third kappa shape index (κ3) is 7.31. The number of carbonyl (C=O) groups excluding carboxylic acids is 3. The van der Waals surface area contributed by atoms with E-state index in [1.165, 1.54) is 23.8 Å². The molecular weight excluding hydrogens is 387 g/mol. The first-order valence-corrected chi connectivity index (χ1v) is 9.82. The number of carbonyl (C=O) groups is 3. The van der Waals surface area contributed by atoms with Crippen LogP contribution in [0.15, 0.2) is 48.5 Å². The number of amides is 2. The maximum absolute atomic E-state index is 13.5. The fourth-order valence-corrected chi connectivity index (χ4v) is 2.87. The second-order valence-corrected chi connectivity index (χ2v) is 7.45. The zero-order valence-corrected chi connectivity index (χ0v) is 17.4. The standard InChI is InChI=1S/C23H27FN2O4/c1-15(2)12-17-8-10-18(11-9-17)16(3)26-21(27)14-30-22(28)13-25-23(29)19-6-4-5-7-20(19)24/h4-11,15-16H,12-14H2,1-3H3,(H,25,29)(H,26,27)/t16-/m1/s1. The summed E-state index contributed by atoms with van der Waals surface area (Å²) in [5.74, 6) is -2.10. The average Bonchev–Trinajstić information content (AvgIpc) is 2.71.